The van der Waals surface area contributed by atoms with Crippen LogP contribution in [0.3, 0.4) is 0 Å². The summed E-state index contributed by atoms with van der Waals surface area (Å²) in [5.41, 5.74) is 0.350. The van der Waals surface area contributed by atoms with Gasteiger partial charge in [-0.15, -0.1) is 0 Å². The van der Waals surface area contributed by atoms with Crippen molar-refractivity contribution in [3.8, 4) is 5.75 Å². The molecule has 0 aliphatic heterocycles. The molecule has 0 aliphatic carbocycles. The first kappa shape index (κ1) is 23.7. The van der Waals surface area contributed by atoms with Crippen molar-refractivity contribution in [2.75, 3.05) is 0 Å². The van der Waals surface area contributed by atoms with Crippen LogP contribution >= 0.6 is 0 Å². The normalized spacial score (nSPS) is 12.9. The largest absolute Gasteiger partial charge is 0.379 e. The van der Waals surface area contributed by atoms with E-state index in [1.165, 1.54) is 6.07 Å². The predicted octanol–water partition coefficient (Wildman–Crippen LogP) is 4.70. The van der Waals surface area contributed by atoms with E-state index in [1.807, 2.05) is 34.6 Å². The highest BCUT2D eigenvalue weighted by Crippen LogP contribution is 2.22. The third kappa shape index (κ3) is 6.73. The Morgan fingerprint density at radius 2 is 1.80 bits per heavy atom. The van der Waals surface area contributed by atoms with Crippen LogP contribution in [-0.2, 0) is 16.7 Å². The smallest absolute Gasteiger partial charge is 0.339 e. The summed E-state index contributed by atoms with van der Waals surface area (Å²) in [6, 6.07) is 10.8. The van der Waals surface area contributed by atoms with E-state index in [-0.39, 0.29) is 28.3 Å². The molecule has 1 unspecified atom stereocenters. The van der Waals surface area contributed by atoms with Crippen LogP contribution in [0.1, 0.15) is 46.6 Å². The van der Waals surface area contributed by atoms with Crippen molar-refractivity contribution in [1.82, 2.24) is 10.2 Å². The maximum Gasteiger partial charge on any atom is 0.339 e. The summed E-state index contributed by atoms with van der Waals surface area (Å²) in [5.74, 6) is -0.410. The fourth-order valence-corrected chi connectivity index (χ4v) is 3.63. The summed E-state index contributed by atoms with van der Waals surface area (Å²) >= 11 is 0. The van der Waals surface area contributed by atoms with Crippen molar-refractivity contribution in [3.63, 3.8) is 0 Å². The molecule has 6 nitrogen and oxygen atoms in total. The lowest BCUT2D eigenvalue weighted by molar-refractivity contribution is 0.165. The van der Waals surface area contributed by atoms with Crippen molar-refractivity contribution in [1.29, 1.82) is 0 Å². The summed E-state index contributed by atoms with van der Waals surface area (Å²) in [6.45, 7) is 9.99. The van der Waals surface area contributed by atoms with Crippen molar-refractivity contribution in [2.45, 2.75) is 64.1 Å². The molecule has 2 rings (SSSR count). The number of carbonyl (C=O) groups is 1. The minimum atomic E-state index is -4.10. The minimum absolute atomic E-state index is 0.0140. The number of hydrogen-bond acceptors (Lipinski definition) is 4. The molecule has 0 aromatic heterocycles. The molecule has 8 heteroatoms. The Labute approximate surface area is 178 Å². The Balaban J connectivity index is 2.22. The van der Waals surface area contributed by atoms with Gasteiger partial charge in [-0.05, 0) is 76.1 Å². The highest BCUT2D eigenvalue weighted by atomic mass is 32.2. The zero-order chi connectivity index (χ0) is 22.5. The predicted molar refractivity (Wildman–Crippen MR) is 114 cm³/mol. The average molecular weight is 437 g/mol. The molecule has 0 bridgehead atoms. The Hall–Kier alpha value is -2.61. The molecular formula is C22H29FN2O4S. The molecule has 0 saturated carbocycles. The van der Waals surface area contributed by atoms with Gasteiger partial charge in [0, 0.05) is 18.1 Å². The molecule has 2 aromatic rings. The molecule has 0 heterocycles. The standard InChI is InChI=1S/C22H29FN2O4S/c1-6-16(2)25(21(26)24-22(3,4)5)15-17-8-7-9-19(14-17)29-30(27,28)20-12-10-18(23)11-13-20/h7-14,16H,6,15H2,1-5H3,(H,24,26). The van der Waals surface area contributed by atoms with Crippen LogP contribution in [-0.4, -0.2) is 30.9 Å². The van der Waals surface area contributed by atoms with E-state index in [2.05, 4.69) is 5.32 Å². The van der Waals surface area contributed by atoms with Gasteiger partial charge in [0.15, 0.2) is 0 Å². The van der Waals surface area contributed by atoms with Crippen molar-refractivity contribution < 1.29 is 21.8 Å². The fraction of sp³-hybridized carbons (Fsp3) is 0.409. The summed E-state index contributed by atoms with van der Waals surface area (Å²) in [5, 5.41) is 2.96. The van der Waals surface area contributed by atoms with Gasteiger partial charge in [0.1, 0.15) is 16.5 Å². The second-order valence-electron chi connectivity index (χ2n) is 8.20. The highest BCUT2D eigenvalue weighted by Gasteiger charge is 2.24. The lowest BCUT2D eigenvalue weighted by Gasteiger charge is -2.32. The van der Waals surface area contributed by atoms with Gasteiger partial charge in [-0.1, -0.05) is 19.1 Å². The van der Waals surface area contributed by atoms with Crippen LogP contribution in [0.15, 0.2) is 53.4 Å². The number of carbonyl (C=O) groups excluding carboxylic acids is 1. The molecule has 1 atom stereocenters. The van der Waals surface area contributed by atoms with Gasteiger partial charge in [-0.3, -0.25) is 0 Å². The first-order chi connectivity index (χ1) is 13.9. The van der Waals surface area contributed by atoms with Crippen molar-refractivity contribution in [3.05, 3.63) is 59.9 Å². The quantitative estimate of drug-likeness (QED) is 0.638. The molecule has 0 radical (unpaired) electrons. The zero-order valence-electron chi connectivity index (χ0n) is 18.0. The minimum Gasteiger partial charge on any atom is -0.379 e. The number of nitrogens with one attached hydrogen (secondary N) is 1. The average Bonchev–Trinajstić information content (AvgIpc) is 2.64. The number of hydrogen-bond donors (Lipinski definition) is 1. The molecule has 0 spiro atoms. The molecule has 1 N–H and O–H groups in total. The number of benzene rings is 2. The van der Waals surface area contributed by atoms with E-state index >= 15 is 0 Å². The summed E-state index contributed by atoms with van der Waals surface area (Å²) in [4.78, 5) is 14.3. The summed E-state index contributed by atoms with van der Waals surface area (Å²) < 4.78 is 43.2. The van der Waals surface area contributed by atoms with E-state index < -0.39 is 15.9 Å². The van der Waals surface area contributed by atoms with Crippen molar-refractivity contribution in [2.24, 2.45) is 0 Å². The van der Waals surface area contributed by atoms with E-state index in [1.54, 1.807) is 23.1 Å². The monoisotopic (exact) mass is 436 g/mol. The van der Waals surface area contributed by atoms with Gasteiger partial charge >= 0.3 is 16.1 Å². The van der Waals surface area contributed by atoms with Crippen molar-refractivity contribution >= 4 is 16.1 Å². The van der Waals surface area contributed by atoms with E-state index in [9.17, 15) is 17.6 Å². The number of nitrogens with zero attached hydrogens (tertiary/aromatic N) is 1. The third-order valence-electron chi connectivity index (χ3n) is 4.43. The number of urea groups is 1. The molecule has 30 heavy (non-hydrogen) atoms. The lowest BCUT2D eigenvalue weighted by Crippen LogP contribution is -2.50. The fourth-order valence-electron chi connectivity index (χ4n) is 2.71. The van der Waals surface area contributed by atoms with E-state index in [4.69, 9.17) is 4.18 Å². The van der Waals surface area contributed by atoms with Gasteiger partial charge in [-0.2, -0.15) is 8.42 Å². The number of rotatable bonds is 7. The second-order valence-corrected chi connectivity index (χ2v) is 9.75. The Bertz CT molecular complexity index is 969. The maximum absolute atomic E-state index is 13.1. The Morgan fingerprint density at radius 1 is 1.17 bits per heavy atom. The Kier molecular flexibility index (Phi) is 7.47. The third-order valence-corrected chi connectivity index (χ3v) is 5.69. The van der Waals surface area contributed by atoms with Crippen LogP contribution in [0.25, 0.3) is 0 Å². The van der Waals surface area contributed by atoms with Crippen LogP contribution in [0.2, 0.25) is 0 Å². The summed E-state index contributed by atoms with van der Waals surface area (Å²) in [6.07, 6.45) is 0.771. The summed E-state index contributed by atoms with van der Waals surface area (Å²) in [7, 11) is -4.10. The molecule has 2 aromatic carbocycles. The van der Waals surface area contributed by atoms with E-state index in [0.717, 1.165) is 36.2 Å². The number of halogens is 1. The van der Waals surface area contributed by atoms with Gasteiger partial charge in [0.05, 0.1) is 0 Å². The SMILES string of the molecule is CCC(C)N(Cc1cccc(OS(=O)(=O)c2ccc(F)cc2)c1)C(=O)NC(C)(C)C. The van der Waals surface area contributed by atoms with Gasteiger partial charge in [0.2, 0.25) is 0 Å². The molecular weight excluding hydrogens is 407 g/mol. The van der Waals surface area contributed by atoms with Gasteiger partial charge in [0.25, 0.3) is 0 Å². The highest BCUT2D eigenvalue weighted by molar-refractivity contribution is 7.87. The van der Waals surface area contributed by atoms with Crippen LogP contribution in [0, 0.1) is 5.82 Å². The molecule has 0 aliphatic rings. The maximum atomic E-state index is 13.1. The molecule has 164 valence electrons. The zero-order valence-corrected chi connectivity index (χ0v) is 18.8. The second kappa shape index (κ2) is 9.47. The number of amides is 2. The van der Waals surface area contributed by atoms with E-state index in [0.29, 0.717) is 6.54 Å². The molecule has 0 saturated heterocycles. The van der Waals surface area contributed by atoms with Crippen LogP contribution in [0.4, 0.5) is 9.18 Å². The van der Waals surface area contributed by atoms with Gasteiger partial charge in [-0.25, -0.2) is 9.18 Å². The molecule has 2 amide bonds. The van der Waals surface area contributed by atoms with Crippen LogP contribution in [0.5, 0.6) is 5.75 Å². The first-order valence-electron chi connectivity index (χ1n) is 9.79. The van der Waals surface area contributed by atoms with Crippen LogP contribution < -0.4 is 9.50 Å². The Morgan fingerprint density at radius 3 is 2.37 bits per heavy atom. The first-order valence-corrected chi connectivity index (χ1v) is 11.2. The van der Waals surface area contributed by atoms with Gasteiger partial charge < -0.3 is 14.4 Å². The topological polar surface area (TPSA) is 75.7 Å². The lowest BCUT2D eigenvalue weighted by atomic mass is 10.1. The molecule has 0 fully saturated rings.